The molecular weight excluding hydrogens is 360 g/mol. The molecule has 1 N–H and O–H groups in total. The number of nitrogens with zero attached hydrogens (tertiary/aromatic N) is 2. The normalized spacial score (nSPS) is 14.3. The van der Waals surface area contributed by atoms with Gasteiger partial charge in [0.15, 0.2) is 11.5 Å². The number of rotatable bonds is 3. The Labute approximate surface area is 151 Å². The van der Waals surface area contributed by atoms with E-state index in [4.69, 9.17) is 0 Å². The lowest BCUT2D eigenvalue weighted by atomic mass is 10.1. The molecule has 1 aliphatic heterocycles. The summed E-state index contributed by atoms with van der Waals surface area (Å²) in [5.41, 5.74) is 0.443. The molecule has 0 saturated carbocycles. The monoisotopic (exact) mass is 373 g/mol. The van der Waals surface area contributed by atoms with Crippen molar-refractivity contribution in [1.29, 1.82) is 0 Å². The number of hydrogen-bond donors (Lipinski definition) is 1. The smallest absolute Gasteiger partial charge is 0.395 e. The Balaban J connectivity index is 1.57. The summed E-state index contributed by atoms with van der Waals surface area (Å²) in [5.74, 6) is -0.691. The van der Waals surface area contributed by atoms with E-state index in [9.17, 15) is 18.4 Å². The van der Waals surface area contributed by atoms with E-state index in [2.05, 4.69) is 19.9 Å². The second-order valence-corrected chi connectivity index (χ2v) is 5.97. The van der Waals surface area contributed by atoms with E-state index in [1.54, 1.807) is 24.3 Å². The van der Waals surface area contributed by atoms with E-state index in [0.717, 1.165) is 0 Å². The van der Waals surface area contributed by atoms with Gasteiger partial charge in [-0.05, 0) is 18.2 Å². The fourth-order valence-electron chi connectivity index (χ4n) is 2.89. The predicted molar refractivity (Wildman–Crippen MR) is 92.0 cm³/mol. The Morgan fingerprint density at radius 2 is 1.85 bits per heavy atom. The summed E-state index contributed by atoms with van der Waals surface area (Å²) in [7, 11) is 1.51. The van der Waals surface area contributed by atoms with Crippen molar-refractivity contribution in [2.75, 3.05) is 5.32 Å². The van der Waals surface area contributed by atoms with E-state index >= 15 is 0 Å². The fraction of sp³-hybridized carbons (Fsp3) is 0.167. The van der Waals surface area contributed by atoms with E-state index in [1.807, 2.05) is 0 Å². The fourth-order valence-corrected chi connectivity index (χ4v) is 2.89. The van der Waals surface area contributed by atoms with Crippen LogP contribution < -0.4 is 20.3 Å². The molecule has 27 heavy (non-hydrogen) atoms. The highest BCUT2D eigenvalue weighted by molar-refractivity contribution is 5.95. The van der Waals surface area contributed by atoms with Crippen LogP contribution in [0.5, 0.6) is 11.5 Å². The topological polar surface area (TPSA) is 82.5 Å². The maximum atomic E-state index is 13.1. The van der Waals surface area contributed by atoms with Crippen LogP contribution in [0.15, 0.2) is 47.3 Å². The van der Waals surface area contributed by atoms with E-state index < -0.39 is 12.2 Å². The van der Waals surface area contributed by atoms with Crippen LogP contribution in [0.4, 0.5) is 14.5 Å². The molecule has 1 aliphatic rings. The highest BCUT2D eigenvalue weighted by Gasteiger charge is 2.43. The number of anilines is 1. The number of alkyl halides is 2. The molecule has 0 bridgehead atoms. The van der Waals surface area contributed by atoms with Crippen molar-refractivity contribution in [2.45, 2.75) is 12.7 Å². The lowest BCUT2D eigenvalue weighted by Gasteiger charge is -2.09. The number of aryl methyl sites for hydroxylation is 1. The number of benzene rings is 2. The molecule has 0 unspecified atom stereocenters. The Bertz CT molecular complexity index is 1130. The first-order valence-electron chi connectivity index (χ1n) is 7.97. The average molecular weight is 373 g/mol. The number of nitrogens with one attached hydrogen (secondary N) is 1. The van der Waals surface area contributed by atoms with Crippen molar-refractivity contribution >= 4 is 22.4 Å². The van der Waals surface area contributed by atoms with Crippen LogP contribution in [-0.4, -0.2) is 22.0 Å². The van der Waals surface area contributed by atoms with Gasteiger partial charge in [-0.1, -0.05) is 18.2 Å². The van der Waals surface area contributed by atoms with E-state index in [0.29, 0.717) is 16.5 Å². The summed E-state index contributed by atoms with van der Waals surface area (Å²) in [4.78, 5) is 24.5. The van der Waals surface area contributed by atoms with Crippen molar-refractivity contribution in [3.05, 3.63) is 58.5 Å². The minimum Gasteiger partial charge on any atom is -0.395 e. The molecule has 0 atom stereocenters. The highest BCUT2D eigenvalue weighted by atomic mass is 19.3. The average Bonchev–Trinajstić information content (AvgIpc) is 2.92. The lowest BCUT2D eigenvalue weighted by molar-refractivity contribution is -0.286. The number of fused-ring (bicyclic) bond motifs is 2. The molecule has 1 aromatic heterocycles. The molecular formula is C18H13F2N3O4. The van der Waals surface area contributed by atoms with Crippen LogP contribution in [0, 0.1) is 0 Å². The maximum absolute atomic E-state index is 13.1. The summed E-state index contributed by atoms with van der Waals surface area (Å²) in [5, 5.41) is 7.80. The second kappa shape index (κ2) is 6.04. The molecule has 0 radical (unpaired) electrons. The van der Waals surface area contributed by atoms with Crippen LogP contribution in [0.3, 0.4) is 0 Å². The second-order valence-electron chi connectivity index (χ2n) is 5.97. The van der Waals surface area contributed by atoms with Crippen LogP contribution in [0.1, 0.15) is 5.69 Å². The number of carbonyl (C=O) groups is 1. The third-order valence-corrected chi connectivity index (χ3v) is 4.05. The molecule has 7 nitrogen and oxygen atoms in total. The molecule has 0 aliphatic carbocycles. The molecule has 138 valence electrons. The minimum atomic E-state index is -3.72. The van der Waals surface area contributed by atoms with Crippen LogP contribution in [0.25, 0.3) is 10.8 Å². The molecule has 2 aromatic carbocycles. The third kappa shape index (κ3) is 3.19. The molecule has 0 fully saturated rings. The predicted octanol–water partition coefficient (Wildman–Crippen LogP) is 2.44. The summed E-state index contributed by atoms with van der Waals surface area (Å²) < 4.78 is 36.0. The number of halogens is 2. The number of aromatic nitrogens is 2. The van der Waals surface area contributed by atoms with Crippen LogP contribution in [0.2, 0.25) is 0 Å². The summed E-state index contributed by atoms with van der Waals surface area (Å²) in [6, 6.07) is 10.8. The van der Waals surface area contributed by atoms with Gasteiger partial charge < -0.3 is 14.8 Å². The van der Waals surface area contributed by atoms with Gasteiger partial charge in [-0.3, -0.25) is 9.59 Å². The van der Waals surface area contributed by atoms with Gasteiger partial charge in [0, 0.05) is 24.2 Å². The third-order valence-electron chi connectivity index (χ3n) is 4.05. The van der Waals surface area contributed by atoms with E-state index in [1.165, 1.54) is 29.9 Å². The summed E-state index contributed by atoms with van der Waals surface area (Å²) in [6.45, 7) is 0. The molecule has 1 amide bonds. The molecule has 4 rings (SSSR count). The molecule has 9 heteroatoms. The first-order chi connectivity index (χ1) is 12.8. The summed E-state index contributed by atoms with van der Waals surface area (Å²) >= 11 is 0. The zero-order chi connectivity index (χ0) is 19.2. The number of carbonyl (C=O) groups excluding carboxylic acids is 1. The molecule has 0 spiro atoms. The number of hydrogen-bond acceptors (Lipinski definition) is 5. The van der Waals surface area contributed by atoms with Crippen molar-refractivity contribution < 1.29 is 23.0 Å². The largest absolute Gasteiger partial charge is 0.586 e. The first-order valence-corrected chi connectivity index (χ1v) is 7.97. The van der Waals surface area contributed by atoms with E-state index in [-0.39, 0.29) is 29.2 Å². The van der Waals surface area contributed by atoms with Gasteiger partial charge >= 0.3 is 6.29 Å². The summed E-state index contributed by atoms with van der Waals surface area (Å²) in [6.07, 6.45) is -3.82. The van der Waals surface area contributed by atoms with Crippen LogP contribution in [-0.2, 0) is 18.3 Å². The minimum absolute atomic E-state index is 0.0980. The zero-order valence-corrected chi connectivity index (χ0v) is 14.0. The molecule has 0 saturated heterocycles. The first kappa shape index (κ1) is 17.0. The maximum Gasteiger partial charge on any atom is 0.586 e. The van der Waals surface area contributed by atoms with Gasteiger partial charge in [0.05, 0.1) is 17.5 Å². The molecule has 3 aromatic rings. The van der Waals surface area contributed by atoms with Gasteiger partial charge in [-0.2, -0.15) is 5.10 Å². The Kier molecular flexibility index (Phi) is 3.79. The van der Waals surface area contributed by atoms with Gasteiger partial charge in [-0.15, -0.1) is 8.78 Å². The molecule has 2 heterocycles. The van der Waals surface area contributed by atoms with Crippen molar-refractivity contribution in [3.63, 3.8) is 0 Å². The Morgan fingerprint density at radius 3 is 2.63 bits per heavy atom. The van der Waals surface area contributed by atoms with Gasteiger partial charge in [-0.25, -0.2) is 4.68 Å². The van der Waals surface area contributed by atoms with Crippen molar-refractivity contribution in [1.82, 2.24) is 9.78 Å². The number of amides is 1. The quantitative estimate of drug-likeness (QED) is 0.763. The number of ether oxygens (including phenoxy) is 2. The van der Waals surface area contributed by atoms with Crippen molar-refractivity contribution in [2.24, 2.45) is 7.05 Å². The Hall–Kier alpha value is -3.49. The zero-order valence-electron chi connectivity index (χ0n) is 14.0. The van der Waals surface area contributed by atoms with Gasteiger partial charge in [0.2, 0.25) is 5.91 Å². The SMILES string of the molecule is Cn1nc(CC(=O)Nc2ccc3c(c2)OC(F)(F)O3)c2ccccc2c1=O. The lowest BCUT2D eigenvalue weighted by Crippen LogP contribution is -2.25. The standard InChI is InChI=1S/C18H13F2N3O4/c1-23-17(25)12-5-3-2-4-11(12)13(22-23)9-16(24)21-10-6-7-14-15(8-10)27-18(19,20)26-14/h2-8H,9H2,1H3,(H,21,24). The van der Waals surface area contributed by atoms with Crippen molar-refractivity contribution in [3.8, 4) is 11.5 Å². The highest BCUT2D eigenvalue weighted by Crippen LogP contribution is 2.42. The van der Waals surface area contributed by atoms with Gasteiger partial charge in [0.1, 0.15) is 0 Å². The Morgan fingerprint density at radius 1 is 1.15 bits per heavy atom. The van der Waals surface area contributed by atoms with Crippen LogP contribution >= 0.6 is 0 Å². The van der Waals surface area contributed by atoms with Gasteiger partial charge in [0.25, 0.3) is 5.56 Å².